The molecular formula is C21H42N2. The maximum absolute atomic E-state index is 2.85. The molecule has 0 bridgehead atoms. The fourth-order valence-corrected chi connectivity index (χ4v) is 5.28. The van der Waals surface area contributed by atoms with E-state index in [-0.39, 0.29) is 0 Å². The topological polar surface area (TPSA) is 6.48 Å². The molecule has 0 spiro atoms. The number of rotatable bonds is 5. The third-order valence-electron chi connectivity index (χ3n) is 6.54. The minimum atomic E-state index is 0.331. The molecule has 0 amide bonds. The van der Waals surface area contributed by atoms with Gasteiger partial charge in [-0.1, -0.05) is 20.3 Å². The average molecular weight is 323 g/mol. The Morgan fingerprint density at radius 1 is 0.957 bits per heavy atom. The molecule has 0 aromatic rings. The molecule has 2 nitrogen and oxygen atoms in total. The number of hydrogen-bond acceptors (Lipinski definition) is 2. The minimum absolute atomic E-state index is 0.331. The Balaban J connectivity index is 1.90. The van der Waals surface area contributed by atoms with Crippen molar-refractivity contribution in [1.82, 2.24) is 9.80 Å². The lowest BCUT2D eigenvalue weighted by atomic mass is 9.82. The predicted octanol–water partition coefficient (Wildman–Crippen LogP) is 5.32. The second-order valence-electron chi connectivity index (χ2n) is 9.20. The highest BCUT2D eigenvalue weighted by Crippen LogP contribution is 2.34. The summed E-state index contributed by atoms with van der Waals surface area (Å²) in [5, 5.41) is 0. The normalized spacial score (nSPS) is 32.9. The fraction of sp³-hybridized carbons (Fsp3) is 1.00. The molecule has 0 N–H and O–H groups in total. The number of nitrogens with zero attached hydrogens (tertiary/aromatic N) is 2. The third-order valence-corrected chi connectivity index (χ3v) is 6.54. The van der Waals surface area contributed by atoms with Gasteiger partial charge in [-0.05, 0) is 91.6 Å². The molecule has 0 radical (unpaired) electrons. The van der Waals surface area contributed by atoms with E-state index in [9.17, 15) is 0 Å². The van der Waals surface area contributed by atoms with Crippen LogP contribution in [0.25, 0.3) is 0 Å². The van der Waals surface area contributed by atoms with Crippen LogP contribution in [0.1, 0.15) is 92.9 Å². The highest BCUT2D eigenvalue weighted by Gasteiger charge is 2.35. The standard InChI is InChI=1S/C21H42N2/c1-7-19-11-9-10-13-22(19)17(3)15-18-12-14-23(21(4,5)6)20(8-2)16-18/h17-20H,7-16H2,1-6H3/t17?,18?,19?,20-/m0/s1. The van der Waals surface area contributed by atoms with Gasteiger partial charge in [0.25, 0.3) is 0 Å². The van der Waals surface area contributed by atoms with E-state index in [4.69, 9.17) is 0 Å². The zero-order chi connectivity index (χ0) is 17.0. The molecule has 2 heteroatoms. The van der Waals surface area contributed by atoms with Crippen molar-refractivity contribution < 1.29 is 0 Å². The molecule has 2 aliphatic heterocycles. The van der Waals surface area contributed by atoms with E-state index in [1.165, 1.54) is 64.5 Å². The first kappa shape index (κ1) is 19.2. The summed E-state index contributed by atoms with van der Waals surface area (Å²) in [5.41, 5.74) is 0.331. The molecule has 2 rings (SSSR count). The number of piperidine rings is 2. The Morgan fingerprint density at radius 2 is 1.65 bits per heavy atom. The molecule has 3 unspecified atom stereocenters. The molecule has 23 heavy (non-hydrogen) atoms. The summed E-state index contributed by atoms with van der Waals surface area (Å²) in [7, 11) is 0. The van der Waals surface area contributed by atoms with E-state index in [0.29, 0.717) is 5.54 Å². The first-order chi connectivity index (χ1) is 10.9. The van der Waals surface area contributed by atoms with Gasteiger partial charge in [0.05, 0.1) is 0 Å². The van der Waals surface area contributed by atoms with E-state index >= 15 is 0 Å². The highest BCUT2D eigenvalue weighted by atomic mass is 15.2. The molecule has 0 aromatic carbocycles. The molecule has 4 atom stereocenters. The smallest absolute Gasteiger partial charge is 0.0127 e. The Morgan fingerprint density at radius 3 is 2.26 bits per heavy atom. The van der Waals surface area contributed by atoms with Crippen molar-refractivity contribution >= 4 is 0 Å². The molecule has 0 aliphatic carbocycles. The third kappa shape index (κ3) is 4.95. The van der Waals surface area contributed by atoms with Crippen molar-refractivity contribution in [3.05, 3.63) is 0 Å². The van der Waals surface area contributed by atoms with Crippen molar-refractivity contribution in [2.75, 3.05) is 13.1 Å². The second-order valence-corrected chi connectivity index (χ2v) is 9.20. The van der Waals surface area contributed by atoms with Crippen LogP contribution in [-0.2, 0) is 0 Å². The lowest BCUT2D eigenvalue weighted by molar-refractivity contribution is 0.0143. The van der Waals surface area contributed by atoms with Crippen molar-refractivity contribution in [2.45, 2.75) is 117 Å². The van der Waals surface area contributed by atoms with E-state index < -0.39 is 0 Å². The molecule has 0 aromatic heterocycles. The quantitative estimate of drug-likeness (QED) is 0.676. The van der Waals surface area contributed by atoms with Gasteiger partial charge >= 0.3 is 0 Å². The first-order valence-corrected chi connectivity index (χ1v) is 10.4. The van der Waals surface area contributed by atoms with Crippen LogP contribution in [0.3, 0.4) is 0 Å². The molecule has 2 fully saturated rings. The van der Waals surface area contributed by atoms with Crippen LogP contribution < -0.4 is 0 Å². The Kier molecular flexibility index (Phi) is 6.98. The maximum Gasteiger partial charge on any atom is 0.0127 e. The van der Waals surface area contributed by atoms with Gasteiger partial charge in [-0.25, -0.2) is 0 Å². The van der Waals surface area contributed by atoms with Crippen LogP contribution in [-0.4, -0.2) is 46.6 Å². The van der Waals surface area contributed by atoms with Gasteiger partial charge in [0, 0.05) is 23.7 Å². The van der Waals surface area contributed by atoms with Gasteiger partial charge in [-0.15, -0.1) is 0 Å². The lowest BCUT2D eigenvalue weighted by Gasteiger charge is -2.48. The molecule has 2 aliphatic rings. The van der Waals surface area contributed by atoms with Crippen LogP contribution in [0.2, 0.25) is 0 Å². The van der Waals surface area contributed by atoms with Crippen LogP contribution in [0.15, 0.2) is 0 Å². The SMILES string of the molecule is CCC1CCCCN1C(C)CC1CCN(C(C)(C)C)[C@@H](CC)C1. The van der Waals surface area contributed by atoms with Gasteiger partial charge in [-0.2, -0.15) is 0 Å². The van der Waals surface area contributed by atoms with E-state index in [1.807, 2.05) is 0 Å². The summed E-state index contributed by atoms with van der Waals surface area (Å²) in [6, 6.07) is 2.43. The molecule has 136 valence electrons. The van der Waals surface area contributed by atoms with E-state index in [0.717, 1.165) is 24.0 Å². The lowest BCUT2D eigenvalue weighted by Crippen LogP contribution is -2.53. The van der Waals surface area contributed by atoms with Gasteiger partial charge in [0.1, 0.15) is 0 Å². The predicted molar refractivity (Wildman–Crippen MR) is 102 cm³/mol. The molecular weight excluding hydrogens is 280 g/mol. The van der Waals surface area contributed by atoms with Crippen LogP contribution in [0, 0.1) is 5.92 Å². The second kappa shape index (κ2) is 8.34. The zero-order valence-electron chi connectivity index (χ0n) is 16.8. The summed E-state index contributed by atoms with van der Waals surface area (Å²) in [6.45, 7) is 17.1. The summed E-state index contributed by atoms with van der Waals surface area (Å²) >= 11 is 0. The van der Waals surface area contributed by atoms with Gasteiger partial charge < -0.3 is 0 Å². The maximum atomic E-state index is 2.85. The largest absolute Gasteiger partial charge is 0.298 e. The van der Waals surface area contributed by atoms with Crippen molar-refractivity contribution in [3.63, 3.8) is 0 Å². The van der Waals surface area contributed by atoms with Crippen molar-refractivity contribution in [2.24, 2.45) is 5.92 Å². The van der Waals surface area contributed by atoms with E-state index in [2.05, 4.69) is 51.3 Å². The summed E-state index contributed by atoms with van der Waals surface area (Å²) in [5.74, 6) is 0.938. The van der Waals surface area contributed by atoms with Crippen LogP contribution in [0.4, 0.5) is 0 Å². The minimum Gasteiger partial charge on any atom is -0.298 e. The number of hydrogen-bond donors (Lipinski definition) is 0. The molecule has 0 saturated carbocycles. The Bertz CT molecular complexity index is 346. The fourth-order valence-electron chi connectivity index (χ4n) is 5.28. The summed E-state index contributed by atoms with van der Waals surface area (Å²) in [4.78, 5) is 5.62. The van der Waals surface area contributed by atoms with Crippen LogP contribution >= 0.6 is 0 Å². The van der Waals surface area contributed by atoms with Gasteiger partial charge in [-0.3, -0.25) is 9.80 Å². The molecule has 2 heterocycles. The monoisotopic (exact) mass is 322 g/mol. The highest BCUT2D eigenvalue weighted by molar-refractivity contribution is 4.90. The van der Waals surface area contributed by atoms with Crippen LogP contribution in [0.5, 0.6) is 0 Å². The number of likely N-dealkylation sites (tertiary alicyclic amines) is 2. The summed E-state index contributed by atoms with van der Waals surface area (Å²) in [6.07, 6.45) is 11.2. The van der Waals surface area contributed by atoms with Gasteiger partial charge in [0.2, 0.25) is 0 Å². The average Bonchev–Trinajstić information content (AvgIpc) is 2.53. The summed E-state index contributed by atoms with van der Waals surface area (Å²) < 4.78 is 0. The Hall–Kier alpha value is -0.0800. The first-order valence-electron chi connectivity index (χ1n) is 10.4. The van der Waals surface area contributed by atoms with Crippen molar-refractivity contribution in [3.8, 4) is 0 Å². The van der Waals surface area contributed by atoms with Crippen molar-refractivity contribution in [1.29, 1.82) is 0 Å². The Labute approximate surface area is 146 Å². The zero-order valence-corrected chi connectivity index (χ0v) is 16.8. The van der Waals surface area contributed by atoms with E-state index in [1.54, 1.807) is 0 Å². The van der Waals surface area contributed by atoms with Gasteiger partial charge in [0.15, 0.2) is 0 Å². The molecule has 2 saturated heterocycles.